The number of rotatable bonds is 3. The number of aryl methyl sites for hydroxylation is 1. The van der Waals surface area contributed by atoms with Crippen LogP contribution in [0.5, 0.6) is 0 Å². The minimum absolute atomic E-state index is 0.205. The maximum Gasteiger partial charge on any atom is 0.124 e. The van der Waals surface area contributed by atoms with Crippen LogP contribution >= 0.6 is 22.6 Å². The predicted octanol–water partition coefficient (Wildman–Crippen LogP) is 4.04. The van der Waals surface area contributed by atoms with Gasteiger partial charge in [0.15, 0.2) is 0 Å². The van der Waals surface area contributed by atoms with Crippen molar-refractivity contribution in [2.45, 2.75) is 19.4 Å². The maximum atomic E-state index is 13.1. The van der Waals surface area contributed by atoms with E-state index >= 15 is 0 Å². The molecule has 2 aromatic rings. The lowest BCUT2D eigenvalue weighted by molar-refractivity contribution is 0.625. The van der Waals surface area contributed by atoms with Gasteiger partial charge in [0.2, 0.25) is 0 Å². The Morgan fingerprint density at radius 1 is 1.17 bits per heavy atom. The molecule has 0 radical (unpaired) electrons. The fourth-order valence-corrected chi connectivity index (χ4v) is 2.71. The molecule has 0 aliphatic carbocycles. The van der Waals surface area contributed by atoms with Crippen molar-refractivity contribution in [2.24, 2.45) is 5.73 Å². The number of halogens is 2. The topological polar surface area (TPSA) is 26.0 Å². The molecule has 0 bridgehead atoms. The first kappa shape index (κ1) is 13.5. The number of benzene rings is 2. The Morgan fingerprint density at radius 3 is 2.39 bits per heavy atom. The molecule has 1 atom stereocenters. The highest BCUT2D eigenvalue weighted by atomic mass is 127. The number of hydrogen-bond acceptors (Lipinski definition) is 1. The van der Waals surface area contributed by atoms with Crippen LogP contribution in [-0.2, 0) is 6.42 Å². The van der Waals surface area contributed by atoms with Crippen LogP contribution in [-0.4, -0.2) is 0 Å². The second-order valence-electron chi connectivity index (χ2n) is 4.24. The molecule has 1 nitrogen and oxygen atoms in total. The number of nitrogens with two attached hydrogens (primary N) is 1. The minimum atomic E-state index is -0.225. The predicted molar refractivity (Wildman–Crippen MR) is 81.0 cm³/mol. The molecule has 0 spiro atoms. The first-order valence-electron chi connectivity index (χ1n) is 5.91. The molecule has 0 aromatic heterocycles. The van der Waals surface area contributed by atoms with Crippen molar-refractivity contribution in [1.29, 1.82) is 0 Å². The molecule has 3 heteroatoms. The van der Waals surface area contributed by atoms with Gasteiger partial charge in [-0.1, -0.05) is 37.3 Å². The van der Waals surface area contributed by atoms with Gasteiger partial charge in [0.05, 0.1) is 6.04 Å². The Hall–Kier alpha value is -0.940. The highest BCUT2D eigenvalue weighted by Crippen LogP contribution is 2.25. The highest BCUT2D eigenvalue weighted by molar-refractivity contribution is 14.1. The minimum Gasteiger partial charge on any atom is -0.320 e. The lowest BCUT2D eigenvalue weighted by Gasteiger charge is -2.15. The fourth-order valence-electron chi connectivity index (χ4n) is 1.89. The van der Waals surface area contributed by atoms with E-state index in [9.17, 15) is 4.39 Å². The van der Waals surface area contributed by atoms with E-state index in [0.29, 0.717) is 0 Å². The zero-order valence-corrected chi connectivity index (χ0v) is 12.3. The van der Waals surface area contributed by atoms with Crippen LogP contribution in [0.25, 0.3) is 0 Å². The first-order valence-corrected chi connectivity index (χ1v) is 6.99. The third-order valence-corrected chi connectivity index (χ3v) is 3.98. The van der Waals surface area contributed by atoms with Crippen LogP contribution in [0.2, 0.25) is 0 Å². The van der Waals surface area contributed by atoms with E-state index in [2.05, 4.69) is 41.6 Å². The summed E-state index contributed by atoms with van der Waals surface area (Å²) in [6.07, 6.45) is 1.02. The summed E-state index contributed by atoms with van der Waals surface area (Å²) < 4.78 is 13.9. The van der Waals surface area contributed by atoms with Crippen molar-refractivity contribution in [3.05, 3.63) is 68.5 Å². The molecule has 0 aliphatic heterocycles. The molecular weight excluding hydrogens is 340 g/mol. The van der Waals surface area contributed by atoms with Crippen molar-refractivity contribution < 1.29 is 4.39 Å². The van der Waals surface area contributed by atoms with E-state index in [4.69, 9.17) is 5.73 Å². The van der Waals surface area contributed by atoms with Crippen molar-refractivity contribution in [1.82, 2.24) is 0 Å². The zero-order valence-electron chi connectivity index (χ0n) is 10.2. The third-order valence-electron chi connectivity index (χ3n) is 3.04. The summed E-state index contributed by atoms with van der Waals surface area (Å²) in [5.41, 5.74) is 9.53. The molecular formula is C15H15FIN. The smallest absolute Gasteiger partial charge is 0.124 e. The normalized spacial score (nSPS) is 12.4. The quantitative estimate of drug-likeness (QED) is 0.827. The maximum absolute atomic E-state index is 13.1. The average Bonchev–Trinajstić information content (AvgIpc) is 2.38. The first-order chi connectivity index (χ1) is 8.61. The number of hydrogen-bond donors (Lipinski definition) is 1. The molecule has 94 valence electrons. The van der Waals surface area contributed by atoms with Gasteiger partial charge >= 0.3 is 0 Å². The summed E-state index contributed by atoms with van der Waals surface area (Å²) in [5.74, 6) is -0.225. The van der Waals surface area contributed by atoms with E-state index < -0.39 is 0 Å². The molecule has 0 aliphatic rings. The van der Waals surface area contributed by atoms with Crippen LogP contribution < -0.4 is 5.73 Å². The standard InChI is InChI=1S/C15H15FIN/c1-2-10-3-5-11(6-4-10)15(18)13-8-7-12(16)9-14(13)17/h3-9,15H,2,18H2,1H3. The van der Waals surface area contributed by atoms with Gasteiger partial charge in [-0.05, 0) is 57.8 Å². The molecule has 18 heavy (non-hydrogen) atoms. The van der Waals surface area contributed by atoms with Gasteiger partial charge in [-0.15, -0.1) is 0 Å². The molecule has 0 fully saturated rings. The summed E-state index contributed by atoms with van der Waals surface area (Å²) in [5, 5.41) is 0. The molecule has 0 heterocycles. The van der Waals surface area contributed by atoms with Gasteiger partial charge in [-0.3, -0.25) is 0 Å². The zero-order chi connectivity index (χ0) is 13.1. The largest absolute Gasteiger partial charge is 0.320 e. The Bertz CT molecular complexity index is 537. The van der Waals surface area contributed by atoms with Crippen LogP contribution in [0.1, 0.15) is 29.7 Å². The molecule has 2 N–H and O–H groups in total. The van der Waals surface area contributed by atoms with E-state index in [-0.39, 0.29) is 11.9 Å². The van der Waals surface area contributed by atoms with Crippen molar-refractivity contribution in [2.75, 3.05) is 0 Å². The van der Waals surface area contributed by atoms with Gasteiger partial charge in [-0.2, -0.15) is 0 Å². The van der Waals surface area contributed by atoms with Crippen LogP contribution in [0, 0.1) is 9.39 Å². The molecule has 2 aromatic carbocycles. The summed E-state index contributed by atoms with van der Waals surface area (Å²) in [6, 6.07) is 12.8. The van der Waals surface area contributed by atoms with Crippen molar-refractivity contribution in [3.8, 4) is 0 Å². The molecule has 0 saturated carbocycles. The van der Waals surface area contributed by atoms with Gasteiger partial charge in [0.25, 0.3) is 0 Å². The SMILES string of the molecule is CCc1ccc(C(N)c2ccc(F)cc2I)cc1. The summed E-state index contributed by atoms with van der Waals surface area (Å²) in [4.78, 5) is 0. The van der Waals surface area contributed by atoms with Gasteiger partial charge in [-0.25, -0.2) is 4.39 Å². The molecule has 0 saturated heterocycles. The summed E-state index contributed by atoms with van der Waals surface area (Å²) in [7, 11) is 0. The van der Waals surface area contributed by atoms with E-state index in [1.807, 2.05) is 12.1 Å². The average molecular weight is 355 g/mol. The van der Waals surface area contributed by atoms with Crippen LogP contribution in [0.3, 0.4) is 0 Å². The van der Waals surface area contributed by atoms with Crippen LogP contribution in [0.4, 0.5) is 4.39 Å². The second kappa shape index (κ2) is 5.80. The highest BCUT2D eigenvalue weighted by Gasteiger charge is 2.12. The van der Waals surface area contributed by atoms with Gasteiger partial charge in [0.1, 0.15) is 5.82 Å². The molecule has 0 amide bonds. The fraction of sp³-hybridized carbons (Fsp3) is 0.200. The Labute approximate surface area is 120 Å². The molecule has 1 unspecified atom stereocenters. The van der Waals surface area contributed by atoms with Crippen LogP contribution in [0.15, 0.2) is 42.5 Å². The Balaban J connectivity index is 2.31. The third kappa shape index (κ3) is 2.90. The van der Waals surface area contributed by atoms with Gasteiger partial charge < -0.3 is 5.73 Å². The Kier molecular flexibility index (Phi) is 4.35. The van der Waals surface area contributed by atoms with E-state index in [0.717, 1.165) is 21.1 Å². The summed E-state index contributed by atoms with van der Waals surface area (Å²) >= 11 is 2.12. The van der Waals surface area contributed by atoms with Crippen molar-refractivity contribution in [3.63, 3.8) is 0 Å². The van der Waals surface area contributed by atoms with E-state index in [1.54, 1.807) is 6.07 Å². The summed E-state index contributed by atoms with van der Waals surface area (Å²) in [6.45, 7) is 2.12. The lowest BCUT2D eigenvalue weighted by Crippen LogP contribution is -2.13. The van der Waals surface area contributed by atoms with E-state index in [1.165, 1.54) is 17.7 Å². The lowest BCUT2D eigenvalue weighted by atomic mass is 9.98. The molecule has 2 rings (SSSR count). The Morgan fingerprint density at radius 2 is 1.83 bits per heavy atom. The second-order valence-corrected chi connectivity index (χ2v) is 5.40. The van der Waals surface area contributed by atoms with Crippen molar-refractivity contribution >= 4 is 22.6 Å². The van der Waals surface area contributed by atoms with Gasteiger partial charge in [0, 0.05) is 3.57 Å². The monoisotopic (exact) mass is 355 g/mol.